The van der Waals surface area contributed by atoms with Gasteiger partial charge in [-0.15, -0.1) is 0 Å². The number of halogens is 1. The molecule has 21 heavy (non-hydrogen) atoms. The third-order valence-electron chi connectivity index (χ3n) is 2.76. The first-order chi connectivity index (χ1) is 10.3. The van der Waals surface area contributed by atoms with Gasteiger partial charge in [-0.05, 0) is 18.4 Å². The van der Waals surface area contributed by atoms with Gasteiger partial charge in [0.15, 0.2) is 0 Å². The first kappa shape index (κ1) is 20.7. The molecule has 0 aliphatic heterocycles. The largest absolute Gasteiger partial charge is 0.328 e. The van der Waals surface area contributed by atoms with Crippen LogP contribution in [-0.4, -0.2) is 18.7 Å². The van der Waals surface area contributed by atoms with Crippen molar-refractivity contribution in [3.8, 4) is 6.07 Å². The molecule has 0 radical (unpaired) electrons. The fourth-order valence-corrected chi connectivity index (χ4v) is 2.82. The Kier molecular flexibility index (Phi) is 14.4. The molecule has 2 atom stereocenters. The van der Waals surface area contributed by atoms with Crippen molar-refractivity contribution in [2.24, 2.45) is 5.73 Å². The van der Waals surface area contributed by atoms with E-state index in [1.54, 1.807) is 0 Å². The van der Waals surface area contributed by atoms with E-state index in [4.69, 9.17) is 15.2 Å². The van der Waals surface area contributed by atoms with Crippen molar-refractivity contribution < 1.29 is 4.18 Å². The summed E-state index contributed by atoms with van der Waals surface area (Å²) in [7, 11) is 1.29. The van der Waals surface area contributed by atoms with Crippen molar-refractivity contribution in [2.45, 2.75) is 45.4 Å². The van der Waals surface area contributed by atoms with E-state index in [0.29, 0.717) is 13.1 Å². The summed E-state index contributed by atoms with van der Waals surface area (Å²) in [6.45, 7) is 5.18. The molecule has 0 fully saturated rings. The van der Waals surface area contributed by atoms with Crippen LogP contribution in [0.25, 0.3) is 0 Å². The number of hydrogen-bond acceptors (Lipinski definition) is 5. The third kappa shape index (κ3) is 10.1. The van der Waals surface area contributed by atoms with E-state index < -0.39 is 0 Å². The van der Waals surface area contributed by atoms with Crippen molar-refractivity contribution in [1.82, 2.24) is 5.32 Å². The average molecular weight is 421 g/mol. The van der Waals surface area contributed by atoms with Gasteiger partial charge in [-0.3, -0.25) is 5.32 Å². The summed E-state index contributed by atoms with van der Waals surface area (Å²) in [4.78, 5) is 0. The normalized spacial score (nSPS) is 12.7. The number of nitrogens with one attached hydrogen (secondary N) is 1. The summed E-state index contributed by atoms with van der Waals surface area (Å²) in [5.74, 6) is 0. The summed E-state index contributed by atoms with van der Waals surface area (Å²) in [5.41, 5.74) is 6.78. The second kappa shape index (κ2) is 14.6. The lowest BCUT2D eigenvalue weighted by atomic mass is 10.1. The number of nitriles is 1. The van der Waals surface area contributed by atoms with Gasteiger partial charge >= 0.3 is 0 Å². The van der Waals surface area contributed by atoms with Crippen LogP contribution in [0.3, 0.4) is 0 Å². The molecule has 2 unspecified atom stereocenters. The van der Waals surface area contributed by atoms with E-state index in [-0.39, 0.29) is 12.1 Å². The molecule has 1 rings (SSSR count). The lowest BCUT2D eigenvalue weighted by Gasteiger charge is -2.16. The zero-order chi connectivity index (χ0) is 15.9. The highest BCUT2D eigenvalue weighted by molar-refractivity contribution is 14.2. The van der Waals surface area contributed by atoms with Crippen LogP contribution in [0.4, 0.5) is 0 Å². The fourth-order valence-electron chi connectivity index (χ4n) is 1.66. The summed E-state index contributed by atoms with van der Waals surface area (Å²) in [6.07, 6.45) is 1.53. The first-order valence-electron chi connectivity index (χ1n) is 7.11. The Bertz CT molecular complexity index is 386. The molecule has 0 aliphatic rings. The summed E-state index contributed by atoms with van der Waals surface area (Å²) in [5, 5.41) is 12.4. The Labute approximate surface area is 144 Å². The third-order valence-corrected chi connectivity index (χ3v) is 3.73. The van der Waals surface area contributed by atoms with Crippen LogP contribution in [0.15, 0.2) is 30.3 Å². The highest BCUT2D eigenvalue weighted by atomic mass is 127. The number of hydrogen-bond donors (Lipinski definition) is 2. The maximum atomic E-state index is 9.13. The molecule has 1 aromatic carbocycles. The molecule has 1 aromatic rings. The topological polar surface area (TPSA) is 71.1 Å². The predicted octanol–water partition coefficient (Wildman–Crippen LogP) is 3.82. The van der Waals surface area contributed by atoms with Gasteiger partial charge in [-0.25, -0.2) is 0 Å². The van der Waals surface area contributed by atoms with Crippen molar-refractivity contribution in [3.63, 3.8) is 0 Å². The Morgan fingerprint density at radius 3 is 2.52 bits per heavy atom. The molecule has 0 amide bonds. The van der Waals surface area contributed by atoms with E-state index in [0.717, 1.165) is 12.8 Å². The summed E-state index contributed by atoms with van der Waals surface area (Å²) in [6, 6.07) is 12.2. The minimum Gasteiger partial charge on any atom is -0.328 e. The quantitative estimate of drug-likeness (QED) is 0.469. The number of nitrogens with zero attached hydrogens (tertiary/aromatic N) is 1. The Morgan fingerprint density at radius 2 is 2.00 bits per heavy atom. The van der Waals surface area contributed by atoms with E-state index in [1.807, 2.05) is 44.2 Å². The summed E-state index contributed by atoms with van der Waals surface area (Å²) >= 11 is 2.07. The first-order valence-corrected chi connectivity index (χ1v) is 10.4. The predicted molar refractivity (Wildman–Crippen MR) is 98.8 cm³/mol. The SMILES string of the molecule is CC.N#CC(CCC(CN)OSI)NCc1ccccc1. The molecule has 0 spiro atoms. The van der Waals surface area contributed by atoms with Crippen molar-refractivity contribution in [1.29, 1.82) is 5.26 Å². The highest BCUT2D eigenvalue weighted by Crippen LogP contribution is 2.18. The number of rotatable bonds is 9. The van der Waals surface area contributed by atoms with Crippen LogP contribution in [-0.2, 0) is 10.7 Å². The van der Waals surface area contributed by atoms with Gasteiger partial charge in [0.1, 0.15) is 0 Å². The molecule has 0 aromatic heterocycles. The Morgan fingerprint density at radius 1 is 1.33 bits per heavy atom. The van der Waals surface area contributed by atoms with Gasteiger partial charge in [0, 0.05) is 34.3 Å². The lowest BCUT2D eigenvalue weighted by molar-refractivity contribution is 0.233. The van der Waals surface area contributed by atoms with Crippen molar-refractivity contribution in [2.75, 3.05) is 6.54 Å². The monoisotopic (exact) mass is 421 g/mol. The Balaban J connectivity index is 0.00000191. The molecule has 6 heteroatoms. The van der Waals surface area contributed by atoms with E-state index >= 15 is 0 Å². The molecule has 0 saturated carbocycles. The van der Waals surface area contributed by atoms with Gasteiger partial charge in [0.2, 0.25) is 0 Å². The molecule has 0 bridgehead atoms. The van der Waals surface area contributed by atoms with Crippen molar-refractivity contribution >= 4 is 30.4 Å². The fraction of sp³-hybridized carbons (Fsp3) is 0.533. The molecular formula is C15H24IN3OS. The molecule has 3 N–H and O–H groups in total. The molecule has 0 aliphatic carbocycles. The maximum absolute atomic E-state index is 9.13. The zero-order valence-electron chi connectivity index (χ0n) is 12.6. The van der Waals surface area contributed by atoms with E-state index in [9.17, 15) is 0 Å². The molecule has 0 heterocycles. The summed E-state index contributed by atoms with van der Waals surface area (Å²) < 4.78 is 5.39. The Hall–Kier alpha value is -0.330. The van der Waals surface area contributed by atoms with Gasteiger partial charge in [0.25, 0.3) is 0 Å². The zero-order valence-corrected chi connectivity index (χ0v) is 15.6. The van der Waals surface area contributed by atoms with E-state index in [2.05, 4.69) is 32.6 Å². The molecule has 118 valence electrons. The molecular weight excluding hydrogens is 397 g/mol. The van der Waals surface area contributed by atoms with Crippen LogP contribution < -0.4 is 11.1 Å². The van der Waals surface area contributed by atoms with Crippen LogP contribution in [0.2, 0.25) is 0 Å². The van der Waals surface area contributed by atoms with Crippen LogP contribution in [0.5, 0.6) is 0 Å². The second-order valence-corrected chi connectivity index (χ2v) is 5.54. The minimum absolute atomic E-state index is 0.0104. The van der Waals surface area contributed by atoms with Crippen LogP contribution in [0, 0.1) is 11.3 Å². The van der Waals surface area contributed by atoms with Crippen LogP contribution in [0.1, 0.15) is 32.3 Å². The second-order valence-electron chi connectivity index (χ2n) is 4.14. The lowest BCUT2D eigenvalue weighted by Crippen LogP contribution is -2.30. The molecule has 4 nitrogen and oxygen atoms in total. The average Bonchev–Trinajstić information content (AvgIpc) is 2.56. The molecule has 0 saturated heterocycles. The number of nitrogens with two attached hydrogens (primary N) is 1. The maximum Gasteiger partial charge on any atom is 0.0956 e. The van der Waals surface area contributed by atoms with Gasteiger partial charge < -0.3 is 9.92 Å². The van der Waals surface area contributed by atoms with Gasteiger partial charge in [0.05, 0.1) is 27.4 Å². The van der Waals surface area contributed by atoms with E-state index in [1.165, 1.54) is 14.8 Å². The van der Waals surface area contributed by atoms with Gasteiger partial charge in [-0.2, -0.15) is 5.26 Å². The standard InChI is InChI=1S/C13H18IN3OS.C2H6/c14-19-18-13(9-16)7-6-12(8-15)17-10-11-4-2-1-3-5-11;1-2/h1-5,12-13,17H,6-7,9-10,16H2;1-2H3. The van der Waals surface area contributed by atoms with Gasteiger partial charge in [-0.1, -0.05) is 44.2 Å². The van der Waals surface area contributed by atoms with Crippen LogP contribution >= 0.6 is 30.4 Å². The number of benzene rings is 1. The minimum atomic E-state index is -0.169. The highest BCUT2D eigenvalue weighted by Gasteiger charge is 2.12. The van der Waals surface area contributed by atoms with Crippen molar-refractivity contribution in [3.05, 3.63) is 35.9 Å². The smallest absolute Gasteiger partial charge is 0.0956 e.